The van der Waals surface area contributed by atoms with Gasteiger partial charge in [-0.3, -0.25) is 14.4 Å². The molecule has 1 saturated carbocycles. The van der Waals surface area contributed by atoms with E-state index in [1.807, 2.05) is 0 Å². The third kappa shape index (κ3) is 6.65. The van der Waals surface area contributed by atoms with Gasteiger partial charge in [0.1, 0.15) is 18.7 Å². The molecule has 2 fully saturated rings. The zero-order chi connectivity index (χ0) is 21.6. The second-order valence-corrected chi connectivity index (χ2v) is 9.84. The van der Waals surface area contributed by atoms with E-state index in [4.69, 9.17) is 10.5 Å². The molecule has 0 aromatic heterocycles. The number of sulfonamides is 1. The molecule has 2 rings (SSSR count). The first-order chi connectivity index (χ1) is 13.6. The van der Waals surface area contributed by atoms with Crippen molar-refractivity contribution in [3.63, 3.8) is 0 Å². The fraction of sp³-hybridized carbons (Fsp3) is 0.833. The van der Waals surface area contributed by atoms with E-state index in [1.54, 1.807) is 0 Å². The average molecular weight is 433 g/mol. The van der Waals surface area contributed by atoms with Crippen molar-refractivity contribution < 1.29 is 27.5 Å². The van der Waals surface area contributed by atoms with Crippen LogP contribution in [-0.2, 0) is 29.1 Å². The van der Waals surface area contributed by atoms with Gasteiger partial charge in [0.25, 0.3) is 0 Å². The van der Waals surface area contributed by atoms with E-state index in [9.17, 15) is 22.8 Å². The quantitative estimate of drug-likeness (QED) is 0.507. The molecule has 2 aliphatic rings. The van der Waals surface area contributed by atoms with Gasteiger partial charge >= 0.3 is 0 Å². The summed E-state index contributed by atoms with van der Waals surface area (Å²) in [5, 5.41) is 2.66. The fourth-order valence-corrected chi connectivity index (χ4v) is 4.88. The molecule has 3 amide bonds. The van der Waals surface area contributed by atoms with E-state index in [0.717, 1.165) is 36.2 Å². The minimum atomic E-state index is -3.53. The summed E-state index contributed by atoms with van der Waals surface area (Å²) in [6, 6.07) is -1.90. The number of carbonyl (C=O) groups excluding carboxylic acids is 3. The van der Waals surface area contributed by atoms with Crippen LogP contribution in [0.3, 0.4) is 0 Å². The number of hydrogen-bond acceptors (Lipinski definition) is 6. The summed E-state index contributed by atoms with van der Waals surface area (Å²) in [6.45, 7) is -0.227. The highest BCUT2D eigenvalue weighted by Crippen LogP contribution is 2.27. The van der Waals surface area contributed by atoms with Gasteiger partial charge in [-0.15, -0.1) is 0 Å². The lowest BCUT2D eigenvalue weighted by molar-refractivity contribution is -0.146. The molecule has 3 N–H and O–H groups in total. The molecular formula is C18H32N4O6S. The van der Waals surface area contributed by atoms with Crippen LogP contribution in [0.4, 0.5) is 0 Å². The first kappa shape index (κ1) is 23.6. The van der Waals surface area contributed by atoms with Crippen LogP contribution >= 0.6 is 0 Å². The number of carbonyl (C=O) groups is 3. The molecule has 2 atom stereocenters. The first-order valence-corrected chi connectivity index (χ1v) is 11.8. The maximum atomic E-state index is 13.0. The second kappa shape index (κ2) is 10.4. The van der Waals surface area contributed by atoms with E-state index < -0.39 is 39.8 Å². The van der Waals surface area contributed by atoms with Crippen molar-refractivity contribution in [2.45, 2.75) is 50.6 Å². The van der Waals surface area contributed by atoms with Crippen LogP contribution in [0.1, 0.15) is 38.5 Å². The van der Waals surface area contributed by atoms with Gasteiger partial charge in [-0.2, -0.15) is 4.31 Å². The summed E-state index contributed by atoms with van der Waals surface area (Å²) < 4.78 is 29.9. The monoisotopic (exact) mass is 432 g/mol. The minimum absolute atomic E-state index is 0.0667. The van der Waals surface area contributed by atoms with E-state index in [-0.39, 0.29) is 26.2 Å². The van der Waals surface area contributed by atoms with Gasteiger partial charge in [-0.25, -0.2) is 8.42 Å². The van der Waals surface area contributed by atoms with Crippen molar-refractivity contribution >= 4 is 27.7 Å². The zero-order valence-corrected chi connectivity index (χ0v) is 17.9. The second-order valence-electron chi connectivity index (χ2n) is 7.86. The van der Waals surface area contributed by atoms with Crippen LogP contribution in [0.15, 0.2) is 0 Å². The summed E-state index contributed by atoms with van der Waals surface area (Å²) in [7, 11) is -2.16. The number of primary amides is 1. The third-order valence-corrected chi connectivity index (χ3v) is 6.93. The first-order valence-electron chi connectivity index (χ1n) is 9.96. The molecule has 0 aromatic rings. The summed E-state index contributed by atoms with van der Waals surface area (Å²) in [4.78, 5) is 38.6. The Labute approximate surface area is 172 Å². The lowest BCUT2D eigenvalue weighted by Gasteiger charge is -2.39. The van der Waals surface area contributed by atoms with Gasteiger partial charge in [-0.1, -0.05) is 32.1 Å². The van der Waals surface area contributed by atoms with Crippen LogP contribution < -0.4 is 11.1 Å². The maximum Gasteiger partial charge on any atom is 0.249 e. The van der Waals surface area contributed by atoms with Crippen LogP contribution in [0.25, 0.3) is 0 Å². The molecule has 0 aromatic carbocycles. The Morgan fingerprint density at radius 1 is 1.17 bits per heavy atom. The highest BCUT2D eigenvalue weighted by molar-refractivity contribution is 7.88. The molecule has 0 radical (unpaired) electrons. The largest absolute Gasteiger partial charge is 0.375 e. The van der Waals surface area contributed by atoms with Crippen LogP contribution in [0.2, 0.25) is 0 Å². The standard InChI is InChI=1S/C18H32N4O6S/c1-28-12-16(23)22-9-8-21(29(2,26)27)11-15(22)18(25)20-14(17(19)24)10-13-6-4-3-5-7-13/h13-15H,3-12H2,1-2H3,(H2,19,24)(H,20,25)/t14-,15+/m0/s1. The summed E-state index contributed by atoms with van der Waals surface area (Å²) in [5.41, 5.74) is 5.51. The number of methoxy groups -OCH3 is 1. The Morgan fingerprint density at radius 3 is 2.38 bits per heavy atom. The molecule has 1 heterocycles. The molecule has 10 nitrogen and oxygen atoms in total. The lowest BCUT2D eigenvalue weighted by Crippen LogP contribution is -2.63. The van der Waals surface area contributed by atoms with E-state index >= 15 is 0 Å². The van der Waals surface area contributed by atoms with Gasteiger partial charge in [0, 0.05) is 26.7 Å². The summed E-state index contributed by atoms with van der Waals surface area (Å²) >= 11 is 0. The van der Waals surface area contributed by atoms with Gasteiger partial charge < -0.3 is 20.7 Å². The average Bonchev–Trinajstić information content (AvgIpc) is 2.67. The SMILES string of the molecule is COCC(=O)N1CCN(S(C)(=O)=O)C[C@@H]1C(=O)N[C@@H](CC1CCCCC1)C(N)=O. The van der Waals surface area contributed by atoms with Gasteiger partial charge in [0.2, 0.25) is 27.7 Å². The third-order valence-electron chi connectivity index (χ3n) is 5.66. The van der Waals surface area contributed by atoms with Crippen molar-refractivity contribution in [2.75, 3.05) is 39.6 Å². The maximum absolute atomic E-state index is 13.0. The number of nitrogens with one attached hydrogen (secondary N) is 1. The van der Waals surface area contributed by atoms with E-state index in [1.165, 1.54) is 18.4 Å². The fourth-order valence-electron chi connectivity index (χ4n) is 4.06. The van der Waals surface area contributed by atoms with E-state index in [0.29, 0.717) is 12.3 Å². The number of piperazine rings is 1. The van der Waals surface area contributed by atoms with Gasteiger partial charge in [-0.05, 0) is 12.3 Å². The number of nitrogens with zero attached hydrogens (tertiary/aromatic N) is 2. The van der Waals surface area contributed by atoms with Gasteiger partial charge in [0.05, 0.1) is 6.26 Å². The van der Waals surface area contributed by atoms with Crippen molar-refractivity contribution in [1.29, 1.82) is 0 Å². The number of nitrogens with two attached hydrogens (primary N) is 1. The number of ether oxygens (including phenoxy) is 1. The van der Waals surface area contributed by atoms with Crippen molar-refractivity contribution in [2.24, 2.45) is 11.7 Å². The molecule has 0 spiro atoms. The predicted molar refractivity (Wildman–Crippen MR) is 106 cm³/mol. The Kier molecular flexibility index (Phi) is 8.41. The highest BCUT2D eigenvalue weighted by atomic mass is 32.2. The zero-order valence-electron chi connectivity index (χ0n) is 17.1. The number of hydrogen-bond donors (Lipinski definition) is 2. The molecule has 29 heavy (non-hydrogen) atoms. The molecule has 1 saturated heterocycles. The van der Waals surface area contributed by atoms with Crippen LogP contribution in [0.5, 0.6) is 0 Å². The van der Waals surface area contributed by atoms with E-state index in [2.05, 4.69) is 5.32 Å². The summed E-state index contributed by atoms with van der Waals surface area (Å²) in [5.74, 6) is -1.31. The number of rotatable bonds is 8. The topological polar surface area (TPSA) is 139 Å². The molecule has 166 valence electrons. The van der Waals surface area contributed by atoms with Crippen molar-refractivity contribution in [3.8, 4) is 0 Å². The number of amides is 3. The normalized spacial score (nSPS) is 22.8. The van der Waals surface area contributed by atoms with Crippen LogP contribution in [-0.4, -0.2) is 87.0 Å². The van der Waals surface area contributed by atoms with Crippen molar-refractivity contribution in [1.82, 2.24) is 14.5 Å². The van der Waals surface area contributed by atoms with Crippen molar-refractivity contribution in [3.05, 3.63) is 0 Å². The van der Waals surface area contributed by atoms with Gasteiger partial charge in [0.15, 0.2) is 0 Å². The Hall–Kier alpha value is -1.72. The smallest absolute Gasteiger partial charge is 0.249 e. The molecule has 0 bridgehead atoms. The summed E-state index contributed by atoms with van der Waals surface area (Å²) in [6.07, 6.45) is 6.85. The highest BCUT2D eigenvalue weighted by Gasteiger charge is 2.39. The molecule has 1 aliphatic carbocycles. The Bertz CT molecular complexity index is 707. The molecular weight excluding hydrogens is 400 g/mol. The molecule has 0 unspecified atom stereocenters. The Morgan fingerprint density at radius 2 is 1.83 bits per heavy atom. The lowest BCUT2D eigenvalue weighted by atomic mass is 9.84. The molecule has 11 heteroatoms. The molecule has 1 aliphatic heterocycles. The Balaban J connectivity index is 2.13. The van der Waals surface area contributed by atoms with Crippen LogP contribution in [0, 0.1) is 5.92 Å². The predicted octanol–water partition coefficient (Wildman–Crippen LogP) is -0.954. The minimum Gasteiger partial charge on any atom is -0.375 e.